The standard InChI is InChI=1S/C13H24FNOS/c1-3-5-12(10-13(15)11-14)6-4-8-17-9-7-16-2/h4-6,13H,3,7-11,15H2,1-2H3/b6-4-,12-5+. The minimum Gasteiger partial charge on any atom is -0.384 e. The molecule has 4 heteroatoms. The summed E-state index contributed by atoms with van der Waals surface area (Å²) in [6.45, 7) is 2.39. The van der Waals surface area contributed by atoms with Crippen LogP contribution in [0.5, 0.6) is 0 Å². The van der Waals surface area contributed by atoms with E-state index in [1.54, 1.807) is 7.11 Å². The molecule has 0 aromatic carbocycles. The summed E-state index contributed by atoms with van der Waals surface area (Å²) < 4.78 is 17.3. The van der Waals surface area contributed by atoms with E-state index in [4.69, 9.17) is 10.5 Å². The van der Waals surface area contributed by atoms with Crippen LogP contribution >= 0.6 is 11.8 Å². The average molecular weight is 261 g/mol. The fraction of sp³-hybridized carbons (Fsp3) is 0.692. The lowest BCUT2D eigenvalue weighted by Crippen LogP contribution is -2.22. The first kappa shape index (κ1) is 16.7. The number of thioether (sulfide) groups is 1. The Balaban J connectivity index is 3.91. The molecule has 1 atom stereocenters. The summed E-state index contributed by atoms with van der Waals surface area (Å²) >= 11 is 1.82. The zero-order valence-electron chi connectivity index (χ0n) is 10.8. The Kier molecular flexibility index (Phi) is 11.9. The maximum atomic E-state index is 12.3. The number of alkyl halides is 1. The van der Waals surface area contributed by atoms with E-state index in [2.05, 4.69) is 25.2 Å². The number of allylic oxidation sites excluding steroid dienone is 2. The summed E-state index contributed by atoms with van der Waals surface area (Å²) in [6.07, 6.45) is 7.83. The first-order valence-corrected chi connectivity index (χ1v) is 7.13. The Labute approximate surface area is 108 Å². The maximum Gasteiger partial charge on any atom is 0.105 e. The van der Waals surface area contributed by atoms with Crippen molar-refractivity contribution in [3.63, 3.8) is 0 Å². The summed E-state index contributed by atoms with van der Waals surface area (Å²) in [6, 6.07) is -0.376. The van der Waals surface area contributed by atoms with Crippen LogP contribution in [0.4, 0.5) is 4.39 Å². The Bertz CT molecular complexity index is 231. The van der Waals surface area contributed by atoms with Crippen LogP contribution in [0.15, 0.2) is 23.8 Å². The van der Waals surface area contributed by atoms with Crippen molar-refractivity contribution in [2.45, 2.75) is 25.8 Å². The second-order valence-electron chi connectivity index (χ2n) is 3.78. The van der Waals surface area contributed by atoms with Crippen LogP contribution in [0, 0.1) is 0 Å². The maximum absolute atomic E-state index is 12.3. The van der Waals surface area contributed by atoms with Gasteiger partial charge >= 0.3 is 0 Å². The molecule has 2 nitrogen and oxygen atoms in total. The van der Waals surface area contributed by atoms with Crippen LogP contribution in [0.2, 0.25) is 0 Å². The summed E-state index contributed by atoms with van der Waals surface area (Å²) in [5.41, 5.74) is 6.73. The molecule has 0 aliphatic rings. The van der Waals surface area contributed by atoms with Crippen LogP contribution < -0.4 is 5.73 Å². The van der Waals surface area contributed by atoms with Crippen molar-refractivity contribution in [1.29, 1.82) is 0 Å². The molecule has 17 heavy (non-hydrogen) atoms. The van der Waals surface area contributed by atoms with E-state index in [-0.39, 0.29) is 6.04 Å². The minimum atomic E-state index is -0.461. The molecule has 1 unspecified atom stereocenters. The highest BCUT2D eigenvalue weighted by Crippen LogP contribution is 2.09. The molecule has 2 N–H and O–H groups in total. The highest BCUT2D eigenvalue weighted by atomic mass is 32.2. The van der Waals surface area contributed by atoms with Gasteiger partial charge in [0.15, 0.2) is 0 Å². The zero-order chi connectivity index (χ0) is 12.9. The molecule has 0 heterocycles. The molecule has 0 rings (SSSR count). The third kappa shape index (κ3) is 10.5. The SMILES string of the molecule is CC/C=C(\C=C/CSCCOC)CC(N)CF. The predicted molar refractivity (Wildman–Crippen MR) is 75.3 cm³/mol. The van der Waals surface area contributed by atoms with E-state index in [0.717, 1.165) is 30.1 Å². The van der Waals surface area contributed by atoms with Gasteiger partial charge in [0.25, 0.3) is 0 Å². The van der Waals surface area contributed by atoms with E-state index in [0.29, 0.717) is 6.42 Å². The Morgan fingerprint density at radius 3 is 2.88 bits per heavy atom. The third-order valence-corrected chi connectivity index (χ3v) is 3.02. The van der Waals surface area contributed by atoms with Gasteiger partial charge in [0.1, 0.15) is 6.67 Å². The second-order valence-corrected chi connectivity index (χ2v) is 4.93. The Morgan fingerprint density at radius 2 is 2.29 bits per heavy atom. The number of methoxy groups -OCH3 is 1. The monoisotopic (exact) mass is 261 g/mol. The smallest absolute Gasteiger partial charge is 0.105 e. The summed E-state index contributed by atoms with van der Waals surface area (Å²) in [7, 11) is 1.71. The van der Waals surface area contributed by atoms with Crippen molar-refractivity contribution in [2.24, 2.45) is 5.73 Å². The second kappa shape index (κ2) is 12.1. The highest BCUT2D eigenvalue weighted by Gasteiger charge is 2.02. The van der Waals surface area contributed by atoms with Crippen molar-refractivity contribution in [2.75, 3.05) is 31.9 Å². The molecule has 0 saturated heterocycles. The lowest BCUT2D eigenvalue weighted by molar-refractivity contribution is 0.218. The van der Waals surface area contributed by atoms with Crippen molar-refractivity contribution in [3.05, 3.63) is 23.8 Å². The summed E-state index contributed by atoms with van der Waals surface area (Å²) in [4.78, 5) is 0. The predicted octanol–water partition coefficient (Wildman–Crippen LogP) is 2.95. The van der Waals surface area contributed by atoms with Gasteiger partial charge in [0.05, 0.1) is 6.61 Å². The van der Waals surface area contributed by atoms with Gasteiger partial charge in [-0.1, -0.05) is 30.7 Å². The molecule has 0 fully saturated rings. The van der Waals surface area contributed by atoms with Gasteiger partial charge in [-0.2, -0.15) is 11.8 Å². The first-order chi connectivity index (χ1) is 8.24. The molecule has 0 aromatic rings. The third-order valence-electron chi connectivity index (χ3n) is 2.14. The normalized spacial score (nSPS) is 14.5. The molecule has 0 aliphatic carbocycles. The summed E-state index contributed by atoms with van der Waals surface area (Å²) in [5, 5.41) is 0. The van der Waals surface area contributed by atoms with E-state index in [1.165, 1.54) is 0 Å². The van der Waals surface area contributed by atoms with Gasteiger partial charge in [-0.25, -0.2) is 4.39 Å². The van der Waals surface area contributed by atoms with E-state index in [1.807, 2.05) is 11.8 Å². The number of nitrogens with two attached hydrogens (primary N) is 1. The van der Waals surface area contributed by atoms with Gasteiger partial charge in [0, 0.05) is 24.7 Å². The Hall–Kier alpha value is -0.320. The van der Waals surface area contributed by atoms with Crippen LogP contribution in [0.3, 0.4) is 0 Å². The number of hydrogen-bond donors (Lipinski definition) is 1. The van der Waals surface area contributed by atoms with Gasteiger partial charge in [-0.3, -0.25) is 0 Å². The number of ether oxygens (including phenoxy) is 1. The number of halogens is 1. The minimum absolute atomic E-state index is 0.376. The van der Waals surface area contributed by atoms with E-state index in [9.17, 15) is 4.39 Å². The largest absolute Gasteiger partial charge is 0.384 e. The van der Waals surface area contributed by atoms with Crippen LogP contribution in [-0.4, -0.2) is 37.9 Å². The molecular weight excluding hydrogens is 237 g/mol. The lowest BCUT2D eigenvalue weighted by Gasteiger charge is -2.07. The summed E-state index contributed by atoms with van der Waals surface area (Å²) in [5.74, 6) is 1.95. The molecular formula is C13H24FNOS. The molecule has 0 bridgehead atoms. The zero-order valence-corrected chi connectivity index (χ0v) is 11.6. The molecule has 0 aliphatic heterocycles. The lowest BCUT2D eigenvalue weighted by atomic mass is 10.1. The molecule has 0 aromatic heterocycles. The fourth-order valence-electron chi connectivity index (χ4n) is 1.33. The van der Waals surface area contributed by atoms with Gasteiger partial charge in [-0.05, 0) is 12.8 Å². The Morgan fingerprint density at radius 1 is 1.53 bits per heavy atom. The first-order valence-electron chi connectivity index (χ1n) is 5.98. The number of hydrogen-bond acceptors (Lipinski definition) is 3. The molecule has 0 amide bonds. The molecule has 0 saturated carbocycles. The van der Waals surface area contributed by atoms with Crippen LogP contribution in [0.25, 0.3) is 0 Å². The van der Waals surface area contributed by atoms with Crippen molar-refractivity contribution < 1.29 is 9.13 Å². The van der Waals surface area contributed by atoms with Crippen molar-refractivity contribution >= 4 is 11.8 Å². The van der Waals surface area contributed by atoms with Crippen LogP contribution in [-0.2, 0) is 4.74 Å². The number of rotatable bonds is 10. The van der Waals surface area contributed by atoms with E-state index >= 15 is 0 Å². The highest BCUT2D eigenvalue weighted by molar-refractivity contribution is 7.99. The van der Waals surface area contributed by atoms with Crippen LogP contribution in [0.1, 0.15) is 19.8 Å². The molecule has 0 radical (unpaired) electrons. The molecule has 100 valence electrons. The quantitative estimate of drug-likeness (QED) is 0.485. The van der Waals surface area contributed by atoms with Crippen molar-refractivity contribution in [1.82, 2.24) is 0 Å². The van der Waals surface area contributed by atoms with Gasteiger partial charge in [-0.15, -0.1) is 0 Å². The fourth-order valence-corrected chi connectivity index (χ4v) is 2.02. The van der Waals surface area contributed by atoms with Gasteiger partial charge in [0.2, 0.25) is 0 Å². The molecule has 0 spiro atoms. The van der Waals surface area contributed by atoms with E-state index < -0.39 is 6.67 Å². The average Bonchev–Trinajstić information content (AvgIpc) is 2.33. The topological polar surface area (TPSA) is 35.2 Å². The van der Waals surface area contributed by atoms with Crippen molar-refractivity contribution in [3.8, 4) is 0 Å². The van der Waals surface area contributed by atoms with Gasteiger partial charge < -0.3 is 10.5 Å².